The second-order valence-electron chi connectivity index (χ2n) is 4.75. The summed E-state index contributed by atoms with van der Waals surface area (Å²) in [6, 6.07) is 11.1. The molecule has 0 fully saturated rings. The van der Waals surface area contributed by atoms with Crippen LogP contribution in [-0.2, 0) is 0 Å². The molecule has 4 heteroatoms. The van der Waals surface area contributed by atoms with Crippen molar-refractivity contribution < 1.29 is 9.13 Å². The van der Waals surface area contributed by atoms with Crippen LogP contribution in [0, 0.1) is 12.7 Å². The van der Waals surface area contributed by atoms with Crippen molar-refractivity contribution in [2.24, 2.45) is 0 Å². The Morgan fingerprint density at radius 2 is 2.00 bits per heavy atom. The summed E-state index contributed by atoms with van der Waals surface area (Å²) in [4.78, 5) is 4.56. The molecule has 21 heavy (non-hydrogen) atoms. The largest absolute Gasteiger partial charge is 0.494 e. The van der Waals surface area contributed by atoms with Crippen molar-refractivity contribution in [1.29, 1.82) is 0 Å². The molecule has 0 radical (unpaired) electrons. The minimum absolute atomic E-state index is 0.252. The van der Waals surface area contributed by atoms with Gasteiger partial charge < -0.3 is 4.74 Å². The number of halogens is 1. The summed E-state index contributed by atoms with van der Waals surface area (Å²) in [5, 5.41) is 0.909. The Labute approximate surface area is 126 Å². The van der Waals surface area contributed by atoms with E-state index >= 15 is 0 Å². The summed E-state index contributed by atoms with van der Waals surface area (Å²) in [6.45, 7) is 2.05. The highest BCUT2D eigenvalue weighted by molar-refractivity contribution is 7.19. The number of aryl methyl sites for hydroxylation is 1. The summed E-state index contributed by atoms with van der Waals surface area (Å²) in [5.74, 6) is -0.109. The van der Waals surface area contributed by atoms with Gasteiger partial charge in [-0.2, -0.15) is 0 Å². The van der Waals surface area contributed by atoms with Crippen LogP contribution in [0.3, 0.4) is 0 Å². The number of rotatable bonds is 3. The molecular weight excluding hydrogens is 285 g/mol. The lowest BCUT2D eigenvalue weighted by atomic mass is 10.2. The molecule has 2 aromatic carbocycles. The fourth-order valence-corrected chi connectivity index (χ4v) is 2.93. The topological polar surface area (TPSA) is 22.1 Å². The molecule has 0 amide bonds. The molecule has 0 aliphatic heterocycles. The molecule has 106 valence electrons. The third-order valence-corrected chi connectivity index (χ3v) is 4.16. The van der Waals surface area contributed by atoms with Gasteiger partial charge in [-0.15, -0.1) is 11.3 Å². The molecule has 0 spiro atoms. The van der Waals surface area contributed by atoms with E-state index in [-0.39, 0.29) is 11.6 Å². The van der Waals surface area contributed by atoms with Crippen molar-refractivity contribution in [2.45, 2.75) is 6.92 Å². The van der Waals surface area contributed by atoms with Crippen molar-refractivity contribution >= 4 is 33.7 Å². The molecule has 3 rings (SSSR count). The third-order valence-electron chi connectivity index (χ3n) is 3.15. The number of ether oxygens (including phenoxy) is 1. The SMILES string of the molecule is COc1ccc(/C=C/c2nc3cc(C)ccc3s2)cc1F. The maximum atomic E-state index is 13.6. The van der Waals surface area contributed by atoms with E-state index in [2.05, 4.69) is 30.1 Å². The highest BCUT2D eigenvalue weighted by Gasteiger charge is 2.03. The third kappa shape index (κ3) is 2.95. The number of hydrogen-bond acceptors (Lipinski definition) is 3. The fourth-order valence-electron chi connectivity index (χ4n) is 2.08. The predicted octanol–water partition coefficient (Wildman–Crippen LogP) is 4.92. The lowest BCUT2D eigenvalue weighted by molar-refractivity contribution is 0.386. The Bertz CT molecular complexity index is 823. The van der Waals surface area contributed by atoms with Gasteiger partial charge in [0.2, 0.25) is 0 Å². The minimum atomic E-state index is -0.362. The first kappa shape index (κ1) is 13.8. The van der Waals surface area contributed by atoms with E-state index in [9.17, 15) is 4.39 Å². The summed E-state index contributed by atoms with van der Waals surface area (Å²) in [7, 11) is 1.46. The van der Waals surface area contributed by atoms with E-state index in [4.69, 9.17) is 4.74 Å². The fraction of sp³-hybridized carbons (Fsp3) is 0.118. The maximum Gasteiger partial charge on any atom is 0.165 e. The highest BCUT2D eigenvalue weighted by atomic mass is 32.1. The quantitative estimate of drug-likeness (QED) is 0.684. The Hall–Kier alpha value is -2.20. The zero-order valence-corrected chi connectivity index (χ0v) is 12.6. The van der Waals surface area contributed by atoms with Crippen LogP contribution in [0.25, 0.3) is 22.4 Å². The molecule has 0 saturated heterocycles. The molecule has 0 unspecified atom stereocenters. The van der Waals surface area contributed by atoms with Gasteiger partial charge in [0.15, 0.2) is 11.6 Å². The van der Waals surface area contributed by atoms with Gasteiger partial charge in [0.05, 0.1) is 17.3 Å². The Morgan fingerprint density at radius 1 is 1.14 bits per heavy atom. The van der Waals surface area contributed by atoms with Crippen LogP contribution in [0.2, 0.25) is 0 Å². The van der Waals surface area contributed by atoms with Crippen LogP contribution in [0.5, 0.6) is 5.75 Å². The molecule has 0 aliphatic carbocycles. The molecule has 0 aliphatic rings. The molecule has 2 nitrogen and oxygen atoms in total. The first-order chi connectivity index (χ1) is 10.2. The van der Waals surface area contributed by atoms with Gasteiger partial charge >= 0.3 is 0 Å². The monoisotopic (exact) mass is 299 g/mol. The van der Waals surface area contributed by atoms with E-state index in [0.717, 1.165) is 20.8 Å². The highest BCUT2D eigenvalue weighted by Crippen LogP contribution is 2.25. The maximum absolute atomic E-state index is 13.6. The predicted molar refractivity (Wildman–Crippen MR) is 86.2 cm³/mol. The second-order valence-corrected chi connectivity index (χ2v) is 5.81. The molecular formula is C17H14FNOS. The van der Waals surface area contributed by atoms with Crippen molar-refractivity contribution in [3.05, 3.63) is 58.3 Å². The van der Waals surface area contributed by atoms with E-state index < -0.39 is 0 Å². The van der Waals surface area contributed by atoms with Gasteiger partial charge in [0.1, 0.15) is 5.01 Å². The number of thiazole rings is 1. The zero-order valence-electron chi connectivity index (χ0n) is 11.8. The van der Waals surface area contributed by atoms with Gasteiger partial charge in [0, 0.05) is 0 Å². The van der Waals surface area contributed by atoms with Crippen LogP contribution in [-0.4, -0.2) is 12.1 Å². The summed E-state index contributed by atoms with van der Waals surface area (Å²) < 4.78 is 19.7. The van der Waals surface area contributed by atoms with Crippen LogP contribution in [0.1, 0.15) is 16.1 Å². The smallest absolute Gasteiger partial charge is 0.165 e. The van der Waals surface area contributed by atoms with Crippen molar-refractivity contribution in [1.82, 2.24) is 4.98 Å². The van der Waals surface area contributed by atoms with E-state index in [0.29, 0.717) is 0 Å². The average molecular weight is 299 g/mol. The van der Waals surface area contributed by atoms with Crippen LogP contribution >= 0.6 is 11.3 Å². The molecule has 3 aromatic rings. The standard InChI is InChI=1S/C17H14FNOS/c1-11-3-7-16-14(9-11)19-17(21-16)8-5-12-4-6-15(20-2)13(18)10-12/h3-10H,1-2H3/b8-5+. The summed E-state index contributed by atoms with van der Waals surface area (Å²) in [6.07, 6.45) is 3.76. The van der Waals surface area contributed by atoms with Gasteiger partial charge in [-0.05, 0) is 48.4 Å². The first-order valence-electron chi connectivity index (χ1n) is 6.54. The van der Waals surface area contributed by atoms with E-state index in [1.807, 2.05) is 18.2 Å². The van der Waals surface area contributed by atoms with Crippen molar-refractivity contribution in [2.75, 3.05) is 7.11 Å². The molecule has 1 heterocycles. The van der Waals surface area contributed by atoms with Gasteiger partial charge in [-0.25, -0.2) is 9.37 Å². The van der Waals surface area contributed by atoms with Gasteiger partial charge in [0.25, 0.3) is 0 Å². The molecule has 0 atom stereocenters. The molecule has 0 bridgehead atoms. The number of nitrogens with zero attached hydrogens (tertiary/aromatic N) is 1. The number of benzene rings is 2. The Balaban J connectivity index is 1.88. The molecule has 0 saturated carbocycles. The van der Waals surface area contributed by atoms with Gasteiger partial charge in [-0.3, -0.25) is 0 Å². The molecule has 1 aromatic heterocycles. The van der Waals surface area contributed by atoms with E-state index in [1.54, 1.807) is 17.4 Å². The number of hydrogen-bond donors (Lipinski definition) is 0. The second kappa shape index (κ2) is 5.66. The lowest BCUT2D eigenvalue weighted by Crippen LogP contribution is -1.87. The summed E-state index contributed by atoms with van der Waals surface area (Å²) in [5.41, 5.74) is 2.98. The number of methoxy groups -OCH3 is 1. The Morgan fingerprint density at radius 3 is 2.76 bits per heavy atom. The van der Waals surface area contributed by atoms with Gasteiger partial charge in [-0.1, -0.05) is 18.2 Å². The van der Waals surface area contributed by atoms with E-state index in [1.165, 1.54) is 18.7 Å². The average Bonchev–Trinajstić information content (AvgIpc) is 2.87. The van der Waals surface area contributed by atoms with Crippen LogP contribution in [0.4, 0.5) is 4.39 Å². The van der Waals surface area contributed by atoms with Crippen molar-refractivity contribution in [3.8, 4) is 5.75 Å². The number of fused-ring (bicyclic) bond motifs is 1. The Kier molecular flexibility index (Phi) is 3.71. The van der Waals surface area contributed by atoms with Crippen LogP contribution < -0.4 is 4.74 Å². The molecule has 0 N–H and O–H groups in total. The van der Waals surface area contributed by atoms with Crippen LogP contribution in [0.15, 0.2) is 36.4 Å². The van der Waals surface area contributed by atoms with Crippen molar-refractivity contribution in [3.63, 3.8) is 0 Å². The first-order valence-corrected chi connectivity index (χ1v) is 7.36. The summed E-state index contributed by atoms with van der Waals surface area (Å²) >= 11 is 1.62. The normalized spacial score (nSPS) is 11.4. The number of aromatic nitrogens is 1. The lowest BCUT2D eigenvalue weighted by Gasteiger charge is -2.01. The zero-order chi connectivity index (χ0) is 14.8. The minimum Gasteiger partial charge on any atom is -0.494 e.